The molecule has 1 aromatic carbocycles. The van der Waals surface area contributed by atoms with Crippen molar-refractivity contribution in [2.45, 2.75) is 36.5 Å². The zero-order chi connectivity index (χ0) is 13.2. The van der Waals surface area contributed by atoms with Crippen LogP contribution in [0.1, 0.15) is 47.2 Å². The monoisotopic (exact) mass is 291 g/mol. The summed E-state index contributed by atoms with van der Waals surface area (Å²) in [6.07, 6.45) is 4.54. The van der Waals surface area contributed by atoms with Crippen LogP contribution in [0.5, 0.6) is 0 Å². The Balaban J connectivity index is 1.94. The maximum atomic E-state index is 12.2. The van der Waals surface area contributed by atoms with Crippen LogP contribution in [0.25, 0.3) is 0 Å². The van der Waals surface area contributed by atoms with Gasteiger partial charge < -0.3 is 5.32 Å². The van der Waals surface area contributed by atoms with Crippen LogP contribution in [-0.4, -0.2) is 16.3 Å². The lowest BCUT2D eigenvalue weighted by Crippen LogP contribution is -2.33. The molecular weight excluding hydrogens is 278 g/mol. The molecule has 3 aliphatic rings. The van der Waals surface area contributed by atoms with Crippen LogP contribution in [0.3, 0.4) is 0 Å². The summed E-state index contributed by atoms with van der Waals surface area (Å²) in [6.45, 7) is 0. The summed E-state index contributed by atoms with van der Waals surface area (Å²) in [5, 5.41) is 2.92. The average molecular weight is 292 g/mol. The molecule has 1 N–H and O–H groups in total. The standard InChI is InChI=1S/C15H14ClNOS/c16-11-6-8-4-5-15(11,7-8)10-3-1-2-9-12(10)13(18)17-14(9)19/h1-3,8,11H,4-7H2,(H,17,18,19). The number of carbonyl (C=O) groups is 1. The van der Waals surface area contributed by atoms with Gasteiger partial charge in [0.25, 0.3) is 5.91 Å². The zero-order valence-electron chi connectivity index (χ0n) is 10.4. The number of nitrogens with one attached hydrogen (secondary N) is 1. The van der Waals surface area contributed by atoms with E-state index in [0.29, 0.717) is 4.99 Å². The Morgan fingerprint density at radius 1 is 1.42 bits per heavy atom. The molecule has 0 aromatic heterocycles. The van der Waals surface area contributed by atoms with Gasteiger partial charge in [0, 0.05) is 16.4 Å². The van der Waals surface area contributed by atoms with Gasteiger partial charge in [0.1, 0.15) is 4.99 Å². The number of halogens is 1. The minimum Gasteiger partial charge on any atom is -0.312 e. The molecule has 2 bridgehead atoms. The number of fused-ring (bicyclic) bond motifs is 3. The van der Waals surface area contributed by atoms with Crippen molar-refractivity contribution in [1.82, 2.24) is 5.32 Å². The molecule has 2 fully saturated rings. The highest BCUT2D eigenvalue weighted by Crippen LogP contribution is 2.58. The first-order valence-corrected chi connectivity index (χ1v) is 7.59. The molecule has 1 amide bonds. The van der Waals surface area contributed by atoms with Gasteiger partial charge in [-0.25, -0.2) is 0 Å². The van der Waals surface area contributed by atoms with E-state index in [9.17, 15) is 4.79 Å². The second kappa shape index (κ2) is 3.80. The van der Waals surface area contributed by atoms with Gasteiger partial charge in [0.2, 0.25) is 0 Å². The van der Waals surface area contributed by atoms with Gasteiger partial charge in [-0.2, -0.15) is 0 Å². The van der Waals surface area contributed by atoms with Gasteiger partial charge in [0.05, 0.1) is 5.56 Å². The summed E-state index contributed by atoms with van der Waals surface area (Å²) < 4.78 is 0. The van der Waals surface area contributed by atoms with E-state index in [1.807, 2.05) is 12.1 Å². The summed E-state index contributed by atoms with van der Waals surface area (Å²) in [5.41, 5.74) is 2.78. The van der Waals surface area contributed by atoms with Crippen LogP contribution >= 0.6 is 23.8 Å². The maximum Gasteiger partial charge on any atom is 0.257 e. The Morgan fingerprint density at radius 3 is 2.95 bits per heavy atom. The number of thiocarbonyl (C=S) groups is 1. The summed E-state index contributed by atoms with van der Waals surface area (Å²) in [7, 11) is 0. The molecule has 1 aliphatic heterocycles. The van der Waals surface area contributed by atoms with E-state index in [2.05, 4.69) is 11.4 Å². The number of hydrogen-bond acceptors (Lipinski definition) is 2. The molecule has 2 aliphatic carbocycles. The molecule has 4 heteroatoms. The molecule has 0 radical (unpaired) electrons. The van der Waals surface area contributed by atoms with Crippen molar-refractivity contribution in [3.05, 3.63) is 34.9 Å². The smallest absolute Gasteiger partial charge is 0.257 e. The topological polar surface area (TPSA) is 29.1 Å². The lowest BCUT2D eigenvalue weighted by Gasteiger charge is -2.33. The van der Waals surface area contributed by atoms with Crippen LogP contribution < -0.4 is 5.32 Å². The highest BCUT2D eigenvalue weighted by Gasteiger charge is 2.54. The first kappa shape index (κ1) is 11.9. The summed E-state index contributed by atoms with van der Waals surface area (Å²) >= 11 is 11.9. The molecule has 1 heterocycles. The van der Waals surface area contributed by atoms with Crippen LogP contribution in [0, 0.1) is 5.92 Å². The fourth-order valence-electron chi connectivity index (χ4n) is 4.23. The molecular formula is C15H14ClNOS. The minimum atomic E-state index is -0.0517. The Bertz CT molecular complexity index is 614. The van der Waals surface area contributed by atoms with Gasteiger partial charge in [-0.05, 0) is 37.2 Å². The van der Waals surface area contributed by atoms with Crippen molar-refractivity contribution in [3.8, 4) is 0 Å². The molecule has 0 saturated heterocycles. The summed E-state index contributed by atoms with van der Waals surface area (Å²) in [5.74, 6) is 0.680. The molecule has 2 saturated carbocycles. The lowest BCUT2D eigenvalue weighted by atomic mass is 9.74. The van der Waals surface area contributed by atoms with Crippen LogP contribution in [0.4, 0.5) is 0 Å². The van der Waals surface area contributed by atoms with E-state index in [-0.39, 0.29) is 16.7 Å². The molecule has 2 nitrogen and oxygen atoms in total. The Kier molecular flexibility index (Phi) is 2.37. The fourth-order valence-corrected chi connectivity index (χ4v) is 5.06. The third-order valence-electron chi connectivity index (χ3n) is 5.09. The van der Waals surface area contributed by atoms with Crippen molar-refractivity contribution in [3.63, 3.8) is 0 Å². The van der Waals surface area contributed by atoms with E-state index in [1.54, 1.807) is 0 Å². The van der Waals surface area contributed by atoms with E-state index in [1.165, 1.54) is 6.42 Å². The Hall–Kier alpha value is -0.930. The normalized spacial score (nSPS) is 35.6. The number of benzene rings is 1. The van der Waals surface area contributed by atoms with Crippen LogP contribution in [0.2, 0.25) is 0 Å². The molecule has 3 unspecified atom stereocenters. The number of amides is 1. The number of hydrogen-bond donors (Lipinski definition) is 1. The SMILES string of the molecule is O=C1NC(=S)c2cccc(C34CCC(CC3Cl)C4)c21. The van der Waals surface area contributed by atoms with Crippen molar-refractivity contribution >= 4 is 34.7 Å². The predicted molar refractivity (Wildman–Crippen MR) is 78.9 cm³/mol. The minimum absolute atomic E-state index is 0.00510. The second-order valence-electron chi connectivity index (χ2n) is 5.98. The molecule has 19 heavy (non-hydrogen) atoms. The first-order valence-electron chi connectivity index (χ1n) is 6.75. The number of carbonyl (C=O) groups excluding carboxylic acids is 1. The Morgan fingerprint density at radius 2 is 2.26 bits per heavy atom. The number of alkyl halides is 1. The van der Waals surface area contributed by atoms with Crippen LogP contribution in [-0.2, 0) is 5.41 Å². The predicted octanol–water partition coefficient (Wildman–Crippen LogP) is 3.15. The number of rotatable bonds is 1. The van der Waals surface area contributed by atoms with E-state index < -0.39 is 0 Å². The zero-order valence-corrected chi connectivity index (χ0v) is 12.0. The highest BCUT2D eigenvalue weighted by atomic mass is 35.5. The third-order valence-corrected chi connectivity index (χ3v) is 6.01. The Labute approximate surface area is 122 Å². The first-order chi connectivity index (χ1) is 9.12. The van der Waals surface area contributed by atoms with E-state index >= 15 is 0 Å². The second-order valence-corrected chi connectivity index (χ2v) is 6.91. The van der Waals surface area contributed by atoms with E-state index in [0.717, 1.165) is 41.9 Å². The summed E-state index contributed by atoms with van der Waals surface area (Å²) in [4.78, 5) is 12.7. The van der Waals surface area contributed by atoms with Crippen molar-refractivity contribution in [2.24, 2.45) is 5.92 Å². The van der Waals surface area contributed by atoms with Crippen molar-refractivity contribution in [2.75, 3.05) is 0 Å². The van der Waals surface area contributed by atoms with Crippen LogP contribution in [0.15, 0.2) is 18.2 Å². The highest BCUT2D eigenvalue weighted by molar-refractivity contribution is 7.80. The molecule has 0 spiro atoms. The molecule has 3 atom stereocenters. The average Bonchev–Trinajstić information content (AvgIpc) is 3.03. The van der Waals surface area contributed by atoms with Gasteiger partial charge in [-0.1, -0.05) is 30.4 Å². The molecule has 1 aromatic rings. The largest absolute Gasteiger partial charge is 0.312 e. The quantitative estimate of drug-likeness (QED) is 0.636. The van der Waals surface area contributed by atoms with E-state index in [4.69, 9.17) is 23.8 Å². The fraction of sp³-hybridized carbons (Fsp3) is 0.467. The van der Waals surface area contributed by atoms with Gasteiger partial charge in [-0.3, -0.25) is 4.79 Å². The lowest BCUT2D eigenvalue weighted by molar-refractivity contribution is 0.0981. The maximum absolute atomic E-state index is 12.2. The van der Waals surface area contributed by atoms with Crippen molar-refractivity contribution < 1.29 is 4.79 Å². The molecule has 98 valence electrons. The van der Waals surface area contributed by atoms with Gasteiger partial charge >= 0.3 is 0 Å². The summed E-state index contributed by atoms with van der Waals surface area (Å²) in [6, 6.07) is 6.01. The van der Waals surface area contributed by atoms with Crippen molar-refractivity contribution in [1.29, 1.82) is 0 Å². The molecule has 4 rings (SSSR count). The third kappa shape index (κ3) is 1.43. The van der Waals surface area contributed by atoms with Gasteiger partial charge in [0.15, 0.2) is 0 Å². The van der Waals surface area contributed by atoms with Gasteiger partial charge in [-0.15, -0.1) is 11.6 Å².